The molecule has 0 aliphatic carbocycles. The number of aromatic nitrogens is 2. The van der Waals surface area contributed by atoms with E-state index >= 15 is 0 Å². The van der Waals surface area contributed by atoms with E-state index in [0.29, 0.717) is 30.5 Å². The van der Waals surface area contributed by atoms with E-state index in [2.05, 4.69) is 27.6 Å². The molecule has 152 valence electrons. The predicted molar refractivity (Wildman–Crippen MR) is 108 cm³/mol. The molecule has 2 aromatic rings. The van der Waals surface area contributed by atoms with Crippen molar-refractivity contribution in [3.8, 4) is 11.5 Å². The van der Waals surface area contributed by atoms with Crippen molar-refractivity contribution in [1.82, 2.24) is 20.2 Å². The van der Waals surface area contributed by atoms with Gasteiger partial charge in [-0.2, -0.15) is 0 Å². The van der Waals surface area contributed by atoms with Crippen molar-refractivity contribution in [2.24, 2.45) is 0 Å². The fourth-order valence-electron chi connectivity index (χ4n) is 4.12. The van der Waals surface area contributed by atoms with Crippen LogP contribution < -0.4 is 20.1 Å². The Morgan fingerprint density at radius 2 is 2.03 bits per heavy atom. The number of nitrogens with zero attached hydrogens (tertiary/aromatic N) is 3. The number of likely N-dealkylation sites (tertiary alicyclic amines) is 1. The molecule has 1 fully saturated rings. The van der Waals surface area contributed by atoms with Crippen LogP contribution in [0.1, 0.15) is 40.3 Å². The number of hydrogen-bond donors (Lipinski definition) is 2. The molecule has 3 aliphatic heterocycles. The zero-order chi connectivity index (χ0) is 19.8. The zero-order valence-electron chi connectivity index (χ0n) is 16.5. The SMILES string of the molecule is CN1CCC(Nc2nc(Cc3ccc4c(c3)OCO4)nc3c2CCNC3=O)CC1. The highest BCUT2D eigenvalue weighted by molar-refractivity contribution is 5.96. The molecule has 0 unspecified atom stereocenters. The van der Waals surface area contributed by atoms with E-state index in [-0.39, 0.29) is 12.7 Å². The number of anilines is 1. The van der Waals surface area contributed by atoms with Gasteiger partial charge in [-0.25, -0.2) is 9.97 Å². The van der Waals surface area contributed by atoms with E-state index in [1.54, 1.807) is 0 Å². The van der Waals surface area contributed by atoms with Gasteiger partial charge in [0.2, 0.25) is 6.79 Å². The van der Waals surface area contributed by atoms with E-state index in [1.807, 2.05) is 18.2 Å². The molecule has 5 rings (SSSR count). The van der Waals surface area contributed by atoms with Crippen molar-refractivity contribution >= 4 is 11.7 Å². The van der Waals surface area contributed by atoms with Crippen molar-refractivity contribution in [2.45, 2.75) is 31.7 Å². The maximum Gasteiger partial charge on any atom is 0.270 e. The second-order valence-electron chi connectivity index (χ2n) is 7.91. The van der Waals surface area contributed by atoms with Crippen LogP contribution in [0.25, 0.3) is 0 Å². The summed E-state index contributed by atoms with van der Waals surface area (Å²) in [6.07, 6.45) is 3.41. The molecule has 2 N–H and O–H groups in total. The summed E-state index contributed by atoms with van der Waals surface area (Å²) >= 11 is 0. The van der Waals surface area contributed by atoms with Crippen LogP contribution >= 0.6 is 0 Å². The highest BCUT2D eigenvalue weighted by Gasteiger charge is 2.26. The van der Waals surface area contributed by atoms with Crippen molar-refractivity contribution in [2.75, 3.05) is 38.8 Å². The van der Waals surface area contributed by atoms with Crippen LogP contribution in [0.2, 0.25) is 0 Å². The van der Waals surface area contributed by atoms with Crippen LogP contribution in [0, 0.1) is 0 Å². The number of fused-ring (bicyclic) bond motifs is 2. The van der Waals surface area contributed by atoms with Crippen LogP contribution in [0.3, 0.4) is 0 Å². The quantitative estimate of drug-likeness (QED) is 0.813. The third-order valence-electron chi connectivity index (χ3n) is 5.79. The number of amides is 1. The van der Waals surface area contributed by atoms with Crippen molar-refractivity contribution in [3.05, 3.63) is 40.8 Å². The lowest BCUT2D eigenvalue weighted by Crippen LogP contribution is -2.38. The summed E-state index contributed by atoms with van der Waals surface area (Å²) < 4.78 is 10.9. The molecule has 8 heteroatoms. The molecule has 0 bridgehead atoms. The van der Waals surface area contributed by atoms with Gasteiger partial charge in [-0.05, 0) is 57.1 Å². The van der Waals surface area contributed by atoms with E-state index in [1.165, 1.54) is 0 Å². The number of benzene rings is 1. The number of carbonyl (C=O) groups excluding carboxylic acids is 1. The Morgan fingerprint density at radius 3 is 2.90 bits per heavy atom. The fraction of sp³-hybridized carbons (Fsp3) is 0.476. The highest BCUT2D eigenvalue weighted by atomic mass is 16.7. The number of nitrogens with one attached hydrogen (secondary N) is 2. The minimum Gasteiger partial charge on any atom is -0.454 e. The zero-order valence-corrected chi connectivity index (χ0v) is 16.5. The van der Waals surface area contributed by atoms with Crippen LogP contribution in [0.5, 0.6) is 11.5 Å². The standard InChI is InChI=1S/C21H25N5O3/c1-26-8-5-14(6-9-26)23-20-15-4-7-22-21(27)19(15)24-18(25-20)11-13-2-3-16-17(10-13)29-12-28-16/h2-3,10,14H,4-9,11-12H2,1H3,(H,22,27)(H,23,24,25). The first-order valence-corrected chi connectivity index (χ1v) is 10.2. The number of hydrogen-bond acceptors (Lipinski definition) is 7. The Labute approximate surface area is 169 Å². The van der Waals surface area contributed by atoms with E-state index in [9.17, 15) is 4.79 Å². The molecule has 4 heterocycles. The first-order valence-electron chi connectivity index (χ1n) is 10.2. The van der Waals surface area contributed by atoms with E-state index < -0.39 is 0 Å². The van der Waals surface area contributed by atoms with Gasteiger partial charge in [0.25, 0.3) is 5.91 Å². The van der Waals surface area contributed by atoms with Gasteiger partial charge in [-0.3, -0.25) is 4.79 Å². The molecule has 0 radical (unpaired) electrons. The minimum absolute atomic E-state index is 0.119. The topological polar surface area (TPSA) is 88.6 Å². The summed E-state index contributed by atoms with van der Waals surface area (Å²) in [5, 5.41) is 6.52. The molecule has 0 saturated carbocycles. The second-order valence-corrected chi connectivity index (χ2v) is 7.91. The van der Waals surface area contributed by atoms with Crippen LogP contribution in [0.15, 0.2) is 18.2 Å². The normalized spacial score (nSPS) is 19.0. The molecule has 0 spiro atoms. The first kappa shape index (κ1) is 18.2. The molecule has 1 amide bonds. The van der Waals surface area contributed by atoms with Gasteiger partial charge in [0, 0.05) is 24.6 Å². The third-order valence-corrected chi connectivity index (χ3v) is 5.79. The van der Waals surface area contributed by atoms with E-state index in [0.717, 1.165) is 60.8 Å². The van der Waals surface area contributed by atoms with Gasteiger partial charge in [0.1, 0.15) is 17.3 Å². The lowest BCUT2D eigenvalue weighted by atomic mass is 10.0. The lowest BCUT2D eigenvalue weighted by Gasteiger charge is -2.31. The molecule has 1 aromatic carbocycles. The maximum atomic E-state index is 12.5. The number of carbonyl (C=O) groups is 1. The lowest BCUT2D eigenvalue weighted by molar-refractivity contribution is 0.0940. The smallest absolute Gasteiger partial charge is 0.270 e. The molecule has 3 aliphatic rings. The molecule has 0 atom stereocenters. The van der Waals surface area contributed by atoms with Gasteiger partial charge >= 0.3 is 0 Å². The molecular weight excluding hydrogens is 370 g/mol. The first-order chi connectivity index (χ1) is 14.2. The third kappa shape index (κ3) is 3.72. The second kappa shape index (κ2) is 7.51. The van der Waals surface area contributed by atoms with E-state index in [4.69, 9.17) is 14.5 Å². The summed E-state index contributed by atoms with van der Waals surface area (Å²) in [6.45, 7) is 3.00. The van der Waals surface area contributed by atoms with Crippen molar-refractivity contribution in [1.29, 1.82) is 0 Å². The highest BCUT2D eigenvalue weighted by Crippen LogP contribution is 2.33. The molecular formula is C21H25N5O3. The van der Waals surface area contributed by atoms with Gasteiger partial charge in [-0.1, -0.05) is 6.07 Å². The van der Waals surface area contributed by atoms with Gasteiger partial charge in [0.15, 0.2) is 11.5 Å². The number of piperidine rings is 1. The van der Waals surface area contributed by atoms with Crippen LogP contribution in [0.4, 0.5) is 5.82 Å². The minimum atomic E-state index is -0.119. The van der Waals surface area contributed by atoms with Crippen molar-refractivity contribution < 1.29 is 14.3 Å². The maximum absolute atomic E-state index is 12.5. The molecule has 1 saturated heterocycles. The average Bonchev–Trinajstić information content (AvgIpc) is 3.18. The summed E-state index contributed by atoms with van der Waals surface area (Å²) in [5.74, 6) is 2.82. The van der Waals surface area contributed by atoms with Gasteiger partial charge in [0.05, 0.1) is 0 Å². The van der Waals surface area contributed by atoms with Crippen LogP contribution in [-0.4, -0.2) is 60.3 Å². The van der Waals surface area contributed by atoms with Gasteiger partial charge < -0.3 is 25.0 Å². The summed E-state index contributed by atoms with van der Waals surface area (Å²) in [7, 11) is 2.15. The Hall–Kier alpha value is -2.87. The average molecular weight is 395 g/mol. The monoisotopic (exact) mass is 395 g/mol. The Balaban J connectivity index is 1.44. The Bertz CT molecular complexity index is 940. The summed E-state index contributed by atoms with van der Waals surface area (Å²) in [6, 6.07) is 6.21. The molecule has 29 heavy (non-hydrogen) atoms. The predicted octanol–water partition coefficient (Wildman–Crippen LogP) is 1.59. The largest absolute Gasteiger partial charge is 0.454 e. The fourth-order valence-corrected chi connectivity index (χ4v) is 4.12. The van der Waals surface area contributed by atoms with Crippen LogP contribution in [-0.2, 0) is 12.8 Å². The molecule has 1 aromatic heterocycles. The Kier molecular flexibility index (Phi) is 4.71. The summed E-state index contributed by atoms with van der Waals surface area (Å²) in [4.78, 5) is 24.2. The number of ether oxygens (including phenoxy) is 2. The molecule has 8 nitrogen and oxygen atoms in total. The summed E-state index contributed by atoms with van der Waals surface area (Å²) in [5.41, 5.74) is 2.45. The Morgan fingerprint density at radius 1 is 1.21 bits per heavy atom. The number of rotatable bonds is 4. The van der Waals surface area contributed by atoms with Crippen molar-refractivity contribution in [3.63, 3.8) is 0 Å². The van der Waals surface area contributed by atoms with Gasteiger partial charge in [-0.15, -0.1) is 0 Å².